The van der Waals surface area contributed by atoms with Crippen molar-refractivity contribution < 1.29 is 0 Å². The fraction of sp³-hybridized carbons (Fsp3) is 0.375. The first-order chi connectivity index (χ1) is 8.27. The van der Waals surface area contributed by atoms with Crippen LogP contribution in [0, 0.1) is 12.8 Å². The Kier molecular flexibility index (Phi) is 2.96. The zero-order valence-electron chi connectivity index (χ0n) is 10.1. The van der Waals surface area contributed by atoms with Crippen LogP contribution in [0.1, 0.15) is 35.2 Å². The lowest BCUT2D eigenvalue weighted by Crippen LogP contribution is -2.17. The summed E-state index contributed by atoms with van der Waals surface area (Å²) in [5, 5.41) is 2.78. The largest absolute Gasteiger partial charge is 0.0835 e. The zero-order valence-corrected chi connectivity index (χ0v) is 11.7. The third-order valence-corrected chi connectivity index (χ3v) is 5.23. The van der Waals surface area contributed by atoms with E-state index in [1.54, 1.807) is 0 Å². The Morgan fingerprint density at radius 3 is 2.59 bits per heavy atom. The van der Waals surface area contributed by atoms with Gasteiger partial charge in [0.2, 0.25) is 0 Å². The predicted molar refractivity (Wildman–Crippen MR) is 77.7 cm³/mol. The fourth-order valence-electron chi connectivity index (χ4n) is 2.74. The number of rotatable bonds is 2. The lowest BCUT2D eigenvalue weighted by molar-refractivity contribution is 0.312. The SMILES string of the molecule is Cc1ccc2ccccc2c1C(Br)C1CCC1. The monoisotopic (exact) mass is 288 g/mol. The van der Waals surface area contributed by atoms with Crippen LogP contribution in [0.15, 0.2) is 36.4 Å². The van der Waals surface area contributed by atoms with Gasteiger partial charge in [-0.05, 0) is 47.6 Å². The van der Waals surface area contributed by atoms with Crippen LogP contribution < -0.4 is 0 Å². The van der Waals surface area contributed by atoms with Crippen LogP contribution in [0.4, 0.5) is 0 Å². The number of halogens is 1. The summed E-state index contributed by atoms with van der Waals surface area (Å²) in [5.41, 5.74) is 2.92. The molecule has 1 aliphatic carbocycles. The quantitative estimate of drug-likeness (QED) is 0.651. The molecule has 0 bridgehead atoms. The van der Waals surface area contributed by atoms with Crippen LogP contribution in [-0.2, 0) is 0 Å². The van der Waals surface area contributed by atoms with E-state index in [0.29, 0.717) is 4.83 Å². The topological polar surface area (TPSA) is 0 Å². The van der Waals surface area contributed by atoms with Crippen LogP contribution in [-0.4, -0.2) is 0 Å². The van der Waals surface area contributed by atoms with Crippen LogP contribution >= 0.6 is 15.9 Å². The van der Waals surface area contributed by atoms with Crippen molar-refractivity contribution in [3.8, 4) is 0 Å². The fourth-order valence-corrected chi connectivity index (χ4v) is 3.88. The highest BCUT2D eigenvalue weighted by Crippen LogP contribution is 2.45. The van der Waals surface area contributed by atoms with Crippen molar-refractivity contribution >= 4 is 26.7 Å². The van der Waals surface area contributed by atoms with Crippen molar-refractivity contribution in [2.75, 3.05) is 0 Å². The third-order valence-electron chi connectivity index (χ3n) is 4.03. The molecular formula is C16H17Br. The minimum Gasteiger partial charge on any atom is -0.0835 e. The van der Waals surface area contributed by atoms with Gasteiger partial charge in [0.05, 0.1) is 0 Å². The summed E-state index contributed by atoms with van der Waals surface area (Å²) in [6, 6.07) is 13.2. The third kappa shape index (κ3) is 1.91. The summed E-state index contributed by atoms with van der Waals surface area (Å²) in [4.78, 5) is 0.530. The maximum absolute atomic E-state index is 3.93. The van der Waals surface area contributed by atoms with E-state index < -0.39 is 0 Å². The van der Waals surface area contributed by atoms with Crippen LogP contribution in [0.3, 0.4) is 0 Å². The number of aryl methyl sites for hydroxylation is 1. The van der Waals surface area contributed by atoms with Crippen molar-refractivity contribution in [3.63, 3.8) is 0 Å². The Morgan fingerprint density at radius 1 is 1.12 bits per heavy atom. The van der Waals surface area contributed by atoms with Gasteiger partial charge in [-0.3, -0.25) is 0 Å². The number of alkyl halides is 1. The average molecular weight is 289 g/mol. The molecule has 1 fully saturated rings. The molecule has 1 saturated carbocycles. The van der Waals surface area contributed by atoms with Crippen LogP contribution in [0.25, 0.3) is 10.8 Å². The van der Waals surface area contributed by atoms with Crippen molar-refractivity contribution in [2.24, 2.45) is 5.92 Å². The molecule has 3 rings (SSSR count). The van der Waals surface area contributed by atoms with Gasteiger partial charge < -0.3 is 0 Å². The van der Waals surface area contributed by atoms with Crippen molar-refractivity contribution in [1.82, 2.24) is 0 Å². The summed E-state index contributed by atoms with van der Waals surface area (Å²) >= 11 is 3.93. The number of fused-ring (bicyclic) bond motifs is 1. The molecule has 0 N–H and O–H groups in total. The lowest BCUT2D eigenvalue weighted by Gasteiger charge is -2.32. The summed E-state index contributed by atoms with van der Waals surface area (Å²) in [5.74, 6) is 0.833. The van der Waals surface area contributed by atoms with Crippen LogP contribution in [0.5, 0.6) is 0 Å². The molecule has 0 aliphatic heterocycles. The first-order valence-electron chi connectivity index (χ1n) is 6.39. The van der Waals surface area contributed by atoms with E-state index in [9.17, 15) is 0 Å². The maximum Gasteiger partial charge on any atom is 0.0432 e. The van der Waals surface area contributed by atoms with Gasteiger partial charge in [0.25, 0.3) is 0 Å². The molecule has 1 unspecified atom stereocenters. The van der Waals surface area contributed by atoms with E-state index >= 15 is 0 Å². The molecule has 0 aromatic heterocycles. The number of hydrogen-bond donors (Lipinski definition) is 0. The van der Waals surface area contributed by atoms with Crippen molar-refractivity contribution in [1.29, 1.82) is 0 Å². The molecule has 1 atom stereocenters. The molecule has 0 heterocycles. The Bertz CT molecular complexity index is 540. The van der Waals surface area contributed by atoms with Gasteiger partial charge in [0.1, 0.15) is 0 Å². The molecule has 0 amide bonds. The molecule has 2 aromatic rings. The molecule has 0 spiro atoms. The van der Waals surface area contributed by atoms with Gasteiger partial charge >= 0.3 is 0 Å². The molecule has 0 nitrogen and oxygen atoms in total. The average Bonchev–Trinajstić information content (AvgIpc) is 2.26. The Hall–Kier alpha value is -0.820. The summed E-state index contributed by atoms with van der Waals surface area (Å²) in [6.07, 6.45) is 4.15. The van der Waals surface area contributed by atoms with Gasteiger partial charge in [-0.15, -0.1) is 0 Å². The van der Waals surface area contributed by atoms with Crippen LogP contribution in [0.2, 0.25) is 0 Å². The zero-order chi connectivity index (χ0) is 11.8. The maximum atomic E-state index is 3.93. The molecule has 0 saturated heterocycles. The second-order valence-electron chi connectivity index (χ2n) is 5.11. The highest BCUT2D eigenvalue weighted by atomic mass is 79.9. The van der Waals surface area contributed by atoms with Gasteiger partial charge in [0, 0.05) is 4.83 Å². The highest BCUT2D eigenvalue weighted by molar-refractivity contribution is 9.09. The summed E-state index contributed by atoms with van der Waals surface area (Å²) in [6.45, 7) is 2.23. The van der Waals surface area contributed by atoms with E-state index in [1.807, 2.05) is 0 Å². The standard InChI is InChI=1S/C16H17Br/c1-11-9-10-12-5-2-3-8-14(12)15(11)16(17)13-6-4-7-13/h2-3,5,8-10,13,16H,4,6-7H2,1H3. The van der Waals surface area contributed by atoms with E-state index in [1.165, 1.54) is 41.2 Å². The molecule has 1 heteroatoms. The first-order valence-corrected chi connectivity index (χ1v) is 7.31. The minimum absolute atomic E-state index is 0.530. The van der Waals surface area contributed by atoms with Gasteiger partial charge in [-0.25, -0.2) is 0 Å². The van der Waals surface area contributed by atoms with Crippen molar-refractivity contribution in [3.05, 3.63) is 47.5 Å². The second kappa shape index (κ2) is 4.45. The molecule has 17 heavy (non-hydrogen) atoms. The van der Waals surface area contributed by atoms with E-state index in [4.69, 9.17) is 0 Å². The Balaban J connectivity index is 2.15. The normalized spacial score (nSPS) is 18.0. The van der Waals surface area contributed by atoms with Gasteiger partial charge in [-0.2, -0.15) is 0 Å². The molecular weight excluding hydrogens is 272 g/mol. The number of hydrogen-bond acceptors (Lipinski definition) is 0. The highest BCUT2D eigenvalue weighted by Gasteiger charge is 2.28. The van der Waals surface area contributed by atoms with E-state index in [2.05, 4.69) is 59.3 Å². The predicted octanol–water partition coefficient (Wildman–Crippen LogP) is 5.38. The lowest BCUT2D eigenvalue weighted by atomic mass is 9.79. The summed E-state index contributed by atoms with van der Waals surface area (Å²) in [7, 11) is 0. The minimum atomic E-state index is 0.530. The summed E-state index contributed by atoms with van der Waals surface area (Å²) < 4.78 is 0. The first kappa shape index (κ1) is 11.3. The van der Waals surface area contributed by atoms with E-state index in [0.717, 1.165) is 5.92 Å². The molecule has 1 aliphatic rings. The van der Waals surface area contributed by atoms with Crippen molar-refractivity contribution in [2.45, 2.75) is 31.0 Å². The van der Waals surface area contributed by atoms with Gasteiger partial charge in [-0.1, -0.05) is 58.7 Å². The number of benzene rings is 2. The second-order valence-corrected chi connectivity index (χ2v) is 6.10. The molecule has 88 valence electrons. The smallest absolute Gasteiger partial charge is 0.0432 e. The Morgan fingerprint density at radius 2 is 1.88 bits per heavy atom. The van der Waals surface area contributed by atoms with E-state index in [-0.39, 0.29) is 0 Å². The van der Waals surface area contributed by atoms with Gasteiger partial charge in [0.15, 0.2) is 0 Å². The molecule has 2 aromatic carbocycles. The molecule has 0 radical (unpaired) electrons. The Labute approximate surface area is 111 Å².